The van der Waals surface area contributed by atoms with Crippen LogP contribution in [0, 0.1) is 6.92 Å². The molecule has 0 spiro atoms. The number of carbonyl (C=O) groups excluding carboxylic acids is 1. The van der Waals surface area contributed by atoms with Crippen molar-refractivity contribution in [3.63, 3.8) is 0 Å². The topological polar surface area (TPSA) is 46.5 Å². The summed E-state index contributed by atoms with van der Waals surface area (Å²) < 4.78 is 4.90. The van der Waals surface area contributed by atoms with Gasteiger partial charge in [0.05, 0.1) is 6.61 Å². The van der Waals surface area contributed by atoms with E-state index in [2.05, 4.69) is 0 Å². The van der Waals surface area contributed by atoms with Crippen LogP contribution in [-0.4, -0.2) is 23.3 Å². The van der Waals surface area contributed by atoms with Crippen molar-refractivity contribution in [1.82, 2.24) is 0 Å². The number of aliphatic hydroxyl groups is 1. The number of rotatable bonds is 4. The molecule has 0 fully saturated rings. The minimum Gasteiger partial charge on any atom is -0.464 e. The predicted molar refractivity (Wildman–Crippen MR) is 66.9 cm³/mol. The third kappa shape index (κ3) is 2.86. The maximum absolute atomic E-state index is 11.7. The Labute approximate surface area is 102 Å². The van der Waals surface area contributed by atoms with E-state index in [1.807, 2.05) is 38.1 Å². The average molecular weight is 236 g/mol. The average Bonchev–Trinajstić information content (AvgIpc) is 2.29. The van der Waals surface area contributed by atoms with E-state index in [4.69, 9.17) is 4.74 Å². The fraction of sp³-hybridized carbons (Fsp3) is 0.500. The van der Waals surface area contributed by atoms with Gasteiger partial charge in [0.2, 0.25) is 0 Å². The summed E-state index contributed by atoms with van der Waals surface area (Å²) >= 11 is 0. The molecule has 1 aromatic carbocycles. The van der Waals surface area contributed by atoms with Crippen LogP contribution in [0.1, 0.15) is 37.8 Å². The van der Waals surface area contributed by atoms with Crippen molar-refractivity contribution < 1.29 is 14.6 Å². The largest absolute Gasteiger partial charge is 0.464 e. The maximum atomic E-state index is 11.7. The van der Waals surface area contributed by atoms with Gasteiger partial charge in [-0.25, -0.2) is 4.79 Å². The van der Waals surface area contributed by atoms with Crippen LogP contribution in [-0.2, 0) is 9.53 Å². The summed E-state index contributed by atoms with van der Waals surface area (Å²) in [6.45, 7) is 7.30. The van der Waals surface area contributed by atoms with Gasteiger partial charge in [0.25, 0.3) is 0 Å². The quantitative estimate of drug-likeness (QED) is 0.817. The Morgan fingerprint density at radius 3 is 2.59 bits per heavy atom. The zero-order valence-corrected chi connectivity index (χ0v) is 10.9. The van der Waals surface area contributed by atoms with Crippen LogP contribution < -0.4 is 0 Å². The molecule has 0 saturated carbocycles. The Balaban J connectivity index is 3.00. The fourth-order valence-corrected chi connectivity index (χ4v) is 1.83. The summed E-state index contributed by atoms with van der Waals surface area (Å²) in [4.78, 5) is 11.7. The molecule has 1 aromatic rings. The van der Waals surface area contributed by atoms with Gasteiger partial charge >= 0.3 is 5.97 Å². The molecule has 2 atom stereocenters. The standard InChI is InChI=1S/C14H20O3/c1-5-17-13(15)14(4,16)11(3)12-9-7-6-8-10(12)2/h6-9,11,16H,5H2,1-4H3. The molecule has 3 heteroatoms. The van der Waals surface area contributed by atoms with Crippen LogP contribution in [0.5, 0.6) is 0 Å². The van der Waals surface area contributed by atoms with Crippen molar-refractivity contribution in [2.75, 3.05) is 6.61 Å². The van der Waals surface area contributed by atoms with E-state index in [1.165, 1.54) is 6.92 Å². The Morgan fingerprint density at radius 2 is 2.06 bits per heavy atom. The first-order chi connectivity index (χ1) is 7.91. The number of hydrogen-bond acceptors (Lipinski definition) is 3. The van der Waals surface area contributed by atoms with E-state index in [0.29, 0.717) is 0 Å². The molecule has 0 aromatic heterocycles. The molecular formula is C14H20O3. The highest BCUT2D eigenvalue weighted by atomic mass is 16.5. The number of hydrogen-bond donors (Lipinski definition) is 1. The summed E-state index contributed by atoms with van der Waals surface area (Å²) in [5, 5.41) is 10.3. The number of benzene rings is 1. The second-order valence-electron chi connectivity index (χ2n) is 4.45. The van der Waals surface area contributed by atoms with Crippen LogP contribution in [0.4, 0.5) is 0 Å². The van der Waals surface area contributed by atoms with E-state index in [0.717, 1.165) is 11.1 Å². The summed E-state index contributed by atoms with van der Waals surface area (Å²) in [7, 11) is 0. The van der Waals surface area contributed by atoms with Gasteiger partial charge in [-0.15, -0.1) is 0 Å². The Hall–Kier alpha value is -1.35. The predicted octanol–water partition coefficient (Wildman–Crippen LogP) is 2.41. The highest BCUT2D eigenvalue weighted by Gasteiger charge is 2.39. The van der Waals surface area contributed by atoms with Crippen LogP contribution in [0.3, 0.4) is 0 Å². The third-order valence-electron chi connectivity index (χ3n) is 3.19. The zero-order chi connectivity index (χ0) is 13.1. The maximum Gasteiger partial charge on any atom is 0.338 e. The monoisotopic (exact) mass is 236 g/mol. The van der Waals surface area contributed by atoms with Crippen LogP contribution >= 0.6 is 0 Å². The molecule has 94 valence electrons. The molecule has 17 heavy (non-hydrogen) atoms. The summed E-state index contributed by atoms with van der Waals surface area (Å²) in [5.74, 6) is -0.876. The number of carbonyl (C=O) groups is 1. The van der Waals surface area contributed by atoms with Gasteiger partial charge < -0.3 is 9.84 Å². The number of ether oxygens (including phenoxy) is 1. The molecule has 0 amide bonds. The first-order valence-corrected chi connectivity index (χ1v) is 5.86. The SMILES string of the molecule is CCOC(=O)C(C)(O)C(C)c1ccccc1C. The lowest BCUT2D eigenvalue weighted by molar-refractivity contribution is -0.165. The van der Waals surface area contributed by atoms with Gasteiger partial charge in [0.15, 0.2) is 5.60 Å². The molecule has 1 N–H and O–H groups in total. The summed E-state index contributed by atoms with van der Waals surface area (Å²) in [5.41, 5.74) is 0.525. The van der Waals surface area contributed by atoms with Crippen molar-refractivity contribution in [1.29, 1.82) is 0 Å². The van der Waals surface area contributed by atoms with Crippen molar-refractivity contribution in [2.45, 2.75) is 39.2 Å². The van der Waals surface area contributed by atoms with E-state index >= 15 is 0 Å². The zero-order valence-electron chi connectivity index (χ0n) is 10.9. The summed E-state index contributed by atoms with van der Waals surface area (Å²) in [6.07, 6.45) is 0. The van der Waals surface area contributed by atoms with Gasteiger partial charge in [-0.3, -0.25) is 0 Å². The fourth-order valence-electron chi connectivity index (χ4n) is 1.83. The van der Waals surface area contributed by atoms with E-state index < -0.39 is 11.6 Å². The van der Waals surface area contributed by atoms with E-state index in [-0.39, 0.29) is 12.5 Å². The molecule has 1 rings (SSSR count). The van der Waals surface area contributed by atoms with Crippen LogP contribution in [0.15, 0.2) is 24.3 Å². The van der Waals surface area contributed by atoms with Gasteiger partial charge in [-0.1, -0.05) is 31.2 Å². The van der Waals surface area contributed by atoms with Crippen molar-refractivity contribution in [3.05, 3.63) is 35.4 Å². The lowest BCUT2D eigenvalue weighted by Gasteiger charge is -2.29. The van der Waals surface area contributed by atoms with Gasteiger partial charge in [-0.05, 0) is 31.9 Å². The molecular weight excluding hydrogens is 216 g/mol. The second-order valence-corrected chi connectivity index (χ2v) is 4.45. The summed E-state index contributed by atoms with van der Waals surface area (Å²) in [6, 6.07) is 7.73. The number of esters is 1. The first kappa shape index (κ1) is 13.7. The van der Waals surface area contributed by atoms with Gasteiger partial charge in [0.1, 0.15) is 0 Å². The highest BCUT2D eigenvalue weighted by molar-refractivity contribution is 5.80. The highest BCUT2D eigenvalue weighted by Crippen LogP contribution is 2.30. The molecule has 0 radical (unpaired) electrons. The lowest BCUT2D eigenvalue weighted by Crippen LogP contribution is -2.42. The second kappa shape index (κ2) is 5.32. The molecule has 0 bridgehead atoms. The molecule has 0 aliphatic rings. The normalized spacial score (nSPS) is 16.1. The molecule has 3 nitrogen and oxygen atoms in total. The minimum atomic E-state index is -1.50. The molecule has 0 aliphatic heterocycles. The van der Waals surface area contributed by atoms with Crippen molar-refractivity contribution in [2.24, 2.45) is 0 Å². The van der Waals surface area contributed by atoms with Crippen molar-refractivity contribution in [3.8, 4) is 0 Å². The van der Waals surface area contributed by atoms with Crippen LogP contribution in [0.2, 0.25) is 0 Å². The first-order valence-electron chi connectivity index (χ1n) is 5.86. The van der Waals surface area contributed by atoms with E-state index in [1.54, 1.807) is 6.92 Å². The minimum absolute atomic E-state index is 0.273. The van der Waals surface area contributed by atoms with Gasteiger partial charge in [-0.2, -0.15) is 0 Å². The van der Waals surface area contributed by atoms with Crippen LogP contribution in [0.25, 0.3) is 0 Å². The van der Waals surface area contributed by atoms with E-state index in [9.17, 15) is 9.90 Å². The molecule has 2 unspecified atom stereocenters. The lowest BCUT2D eigenvalue weighted by atomic mass is 9.83. The molecule has 0 aliphatic carbocycles. The van der Waals surface area contributed by atoms with Crippen molar-refractivity contribution >= 4 is 5.97 Å². The Kier molecular flexibility index (Phi) is 4.29. The van der Waals surface area contributed by atoms with Gasteiger partial charge in [0, 0.05) is 5.92 Å². The third-order valence-corrected chi connectivity index (χ3v) is 3.19. The Bertz CT molecular complexity index is 396. The molecule has 0 saturated heterocycles. The Morgan fingerprint density at radius 1 is 1.47 bits per heavy atom. The number of aryl methyl sites for hydroxylation is 1. The smallest absolute Gasteiger partial charge is 0.338 e. The molecule has 0 heterocycles.